The smallest absolute Gasteiger partial charge is 0.314 e. The summed E-state index contributed by atoms with van der Waals surface area (Å²) >= 11 is 0. The Labute approximate surface area is 88.3 Å². The molecule has 0 unspecified atom stereocenters. The first-order chi connectivity index (χ1) is 6.75. The number of carbonyl (C=O) groups is 3. The number of hydrogen-bond donors (Lipinski definition) is 2. The molecule has 4 N–H and O–H groups in total. The third-order valence-corrected chi connectivity index (χ3v) is 0.761. The Balaban J connectivity index is 0. The first-order valence-corrected chi connectivity index (χ1v) is 4.16. The van der Waals surface area contributed by atoms with Crippen molar-refractivity contribution < 1.29 is 19.1 Å². The molecule has 1 fully saturated rings. The lowest BCUT2D eigenvalue weighted by Crippen LogP contribution is -2.18. The van der Waals surface area contributed by atoms with Gasteiger partial charge in [0.15, 0.2) is 0 Å². The quantitative estimate of drug-likeness (QED) is 0.348. The van der Waals surface area contributed by atoms with Gasteiger partial charge in [0.1, 0.15) is 0 Å². The molecule has 1 heterocycles. The van der Waals surface area contributed by atoms with Gasteiger partial charge in [0.05, 0.1) is 12.8 Å². The van der Waals surface area contributed by atoms with Crippen LogP contribution in [0.1, 0.15) is 26.7 Å². The number of cyclic esters (lactones) is 2. The second-order valence-electron chi connectivity index (χ2n) is 2.96. The summed E-state index contributed by atoms with van der Waals surface area (Å²) in [5.74, 6) is -0.796. The number of carbonyl (C=O) groups excluding carboxylic acids is 3. The maximum absolute atomic E-state index is 10.0. The van der Waals surface area contributed by atoms with Crippen molar-refractivity contribution in [3.63, 3.8) is 0 Å². The molecule has 1 aliphatic rings. The van der Waals surface area contributed by atoms with Gasteiger partial charge in [-0.15, -0.1) is 6.58 Å². The van der Waals surface area contributed by atoms with Crippen LogP contribution in [0.2, 0.25) is 0 Å². The largest absolute Gasteiger partial charge is 0.393 e. The maximum Gasteiger partial charge on any atom is 0.314 e. The Kier molecular flexibility index (Phi) is 9.09. The number of rotatable bonds is 0. The molecule has 1 saturated heterocycles. The normalized spacial score (nSPS) is 12.7. The molecular weight excluding hydrogens is 200 g/mol. The molecule has 0 aromatic heterocycles. The average molecular weight is 216 g/mol. The van der Waals surface area contributed by atoms with E-state index in [4.69, 9.17) is 4.79 Å². The molecule has 0 bridgehead atoms. The number of allylic oxidation sites excluding steroid dienone is 1. The molecule has 2 amide bonds. The van der Waals surface area contributed by atoms with Gasteiger partial charge >= 0.3 is 18.0 Å². The van der Waals surface area contributed by atoms with Crippen molar-refractivity contribution in [3.05, 3.63) is 12.2 Å². The SMILES string of the molecule is C=C(C)C.NC(N)=O.O=C1CCC(=O)O1. The summed E-state index contributed by atoms with van der Waals surface area (Å²) < 4.78 is 4.08. The zero-order chi connectivity index (χ0) is 12.4. The molecule has 0 saturated carbocycles. The lowest BCUT2D eigenvalue weighted by molar-refractivity contribution is -0.151. The molecule has 0 spiro atoms. The monoisotopic (exact) mass is 216 g/mol. The fourth-order valence-corrected chi connectivity index (χ4v) is 0.433. The van der Waals surface area contributed by atoms with Crippen molar-refractivity contribution in [2.24, 2.45) is 11.5 Å². The Bertz CT molecular complexity index is 227. The molecule has 1 rings (SSSR count). The third kappa shape index (κ3) is 24.5. The van der Waals surface area contributed by atoms with Gasteiger partial charge < -0.3 is 16.2 Å². The predicted molar refractivity (Wildman–Crippen MR) is 54.6 cm³/mol. The van der Waals surface area contributed by atoms with Crippen molar-refractivity contribution in [2.75, 3.05) is 0 Å². The van der Waals surface area contributed by atoms with Gasteiger partial charge in [-0.3, -0.25) is 9.59 Å². The Hall–Kier alpha value is -1.85. The van der Waals surface area contributed by atoms with E-state index in [2.05, 4.69) is 22.8 Å². The van der Waals surface area contributed by atoms with E-state index in [1.807, 2.05) is 13.8 Å². The highest BCUT2D eigenvalue weighted by atomic mass is 16.6. The summed E-state index contributed by atoms with van der Waals surface area (Å²) in [6, 6.07) is -0.833. The molecule has 0 aromatic carbocycles. The van der Waals surface area contributed by atoms with Crippen molar-refractivity contribution in [1.29, 1.82) is 0 Å². The van der Waals surface area contributed by atoms with Crippen LogP contribution in [0.5, 0.6) is 0 Å². The lowest BCUT2D eigenvalue weighted by atomic mass is 10.4. The van der Waals surface area contributed by atoms with Gasteiger partial charge in [-0.1, -0.05) is 5.57 Å². The molecule has 0 radical (unpaired) electrons. The zero-order valence-electron chi connectivity index (χ0n) is 8.91. The van der Waals surface area contributed by atoms with E-state index in [1.54, 1.807) is 0 Å². The summed E-state index contributed by atoms with van der Waals surface area (Å²) in [5, 5.41) is 0. The minimum absolute atomic E-state index is 0.263. The summed E-state index contributed by atoms with van der Waals surface area (Å²) in [7, 11) is 0. The fraction of sp³-hybridized carbons (Fsp3) is 0.444. The zero-order valence-corrected chi connectivity index (χ0v) is 8.91. The van der Waals surface area contributed by atoms with Gasteiger partial charge in [0.2, 0.25) is 0 Å². The number of hydrogen-bond acceptors (Lipinski definition) is 4. The highest BCUT2D eigenvalue weighted by Crippen LogP contribution is 2.03. The van der Waals surface area contributed by atoms with Crippen LogP contribution in [0.25, 0.3) is 0 Å². The topological polar surface area (TPSA) is 112 Å². The number of nitrogens with two attached hydrogens (primary N) is 2. The average Bonchev–Trinajstić information content (AvgIpc) is 2.31. The number of urea groups is 1. The van der Waals surface area contributed by atoms with Crippen LogP contribution in [0.4, 0.5) is 4.79 Å². The van der Waals surface area contributed by atoms with Crippen molar-refractivity contribution >= 4 is 18.0 Å². The predicted octanol–water partition coefficient (Wildman–Crippen LogP) is 0.456. The number of primary amides is 2. The van der Waals surface area contributed by atoms with Crippen molar-refractivity contribution in [1.82, 2.24) is 0 Å². The second-order valence-corrected chi connectivity index (χ2v) is 2.96. The van der Waals surface area contributed by atoms with Crippen LogP contribution in [0, 0.1) is 0 Å². The van der Waals surface area contributed by atoms with Gasteiger partial charge in [-0.05, 0) is 13.8 Å². The highest BCUT2D eigenvalue weighted by Gasteiger charge is 2.19. The van der Waals surface area contributed by atoms with E-state index < -0.39 is 18.0 Å². The van der Waals surface area contributed by atoms with E-state index in [1.165, 1.54) is 5.57 Å². The maximum atomic E-state index is 10.0. The highest BCUT2D eigenvalue weighted by molar-refractivity contribution is 5.92. The van der Waals surface area contributed by atoms with Gasteiger partial charge in [-0.2, -0.15) is 0 Å². The minimum Gasteiger partial charge on any atom is -0.393 e. The molecule has 6 heteroatoms. The van der Waals surface area contributed by atoms with Gasteiger partial charge in [-0.25, -0.2) is 4.79 Å². The van der Waals surface area contributed by atoms with Crippen LogP contribution >= 0.6 is 0 Å². The van der Waals surface area contributed by atoms with Crippen LogP contribution in [0.15, 0.2) is 12.2 Å². The summed E-state index contributed by atoms with van der Waals surface area (Å²) in [5.41, 5.74) is 9.67. The summed E-state index contributed by atoms with van der Waals surface area (Å²) in [6.45, 7) is 7.50. The summed E-state index contributed by atoms with van der Waals surface area (Å²) in [6.07, 6.45) is 0.525. The van der Waals surface area contributed by atoms with E-state index in [9.17, 15) is 9.59 Å². The van der Waals surface area contributed by atoms with E-state index >= 15 is 0 Å². The Morgan fingerprint density at radius 1 is 1.20 bits per heavy atom. The van der Waals surface area contributed by atoms with Crippen molar-refractivity contribution in [2.45, 2.75) is 26.7 Å². The molecule has 0 atom stereocenters. The summed E-state index contributed by atoms with van der Waals surface area (Å²) in [4.78, 5) is 29.0. The molecule has 0 aromatic rings. The molecular formula is C9H16N2O4. The van der Waals surface area contributed by atoms with E-state index in [0.29, 0.717) is 0 Å². The first-order valence-electron chi connectivity index (χ1n) is 4.16. The van der Waals surface area contributed by atoms with Crippen LogP contribution < -0.4 is 11.5 Å². The standard InChI is InChI=1S/C4H4O3.C4H8.CH4N2O/c5-3-1-2-4(6)7-3;1-4(2)3;2-1(3)4/h1-2H2;1H2,2-3H3;(H4,2,3,4). The molecule has 6 nitrogen and oxygen atoms in total. The number of ether oxygens (including phenoxy) is 1. The first kappa shape index (κ1) is 15.6. The Morgan fingerprint density at radius 3 is 1.47 bits per heavy atom. The lowest BCUT2D eigenvalue weighted by Gasteiger charge is -1.79. The molecule has 1 aliphatic heterocycles. The Morgan fingerprint density at radius 2 is 1.40 bits per heavy atom. The van der Waals surface area contributed by atoms with Gasteiger partial charge in [0.25, 0.3) is 0 Å². The number of esters is 2. The van der Waals surface area contributed by atoms with Crippen LogP contribution in [-0.4, -0.2) is 18.0 Å². The molecule has 86 valence electrons. The molecule has 0 aliphatic carbocycles. The minimum atomic E-state index is -0.833. The van der Waals surface area contributed by atoms with Crippen molar-refractivity contribution in [3.8, 4) is 0 Å². The van der Waals surface area contributed by atoms with Crippen LogP contribution in [-0.2, 0) is 14.3 Å². The second kappa shape index (κ2) is 8.74. The van der Waals surface area contributed by atoms with Gasteiger partial charge in [0, 0.05) is 0 Å². The fourth-order valence-electron chi connectivity index (χ4n) is 0.433. The van der Waals surface area contributed by atoms with Crippen LogP contribution in [0.3, 0.4) is 0 Å². The third-order valence-electron chi connectivity index (χ3n) is 0.761. The van der Waals surface area contributed by atoms with E-state index in [-0.39, 0.29) is 12.8 Å². The number of amides is 2. The molecule has 15 heavy (non-hydrogen) atoms. The van der Waals surface area contributed by atoms with E-state index in [0.717, 1.165) is 0 Å².